The third-order valence-corrected chi connectivity index (χ3v) is 3.91. The highest BCUT2D eigenvalue weighted by atomic mass is 35.5. The Hall–Kier alpha value is -2.02. The first-order chi connectivity index (χ1) is 9.97. The van der Waals surface area contributed by atoms with E-state index in [-0.39, 0.29) is 25.0 Å². The van der Waals surface area contributed by atoms with Gasteiger partial charge in [-0.05, 0) is 18.9 Å². The van der Waals surface area contributed by atoms with E-state index in [0.717, 1.165) is 17.7 Å². The van der Waals surface area contributed by atoms with Gasteiger partial charge in [-0.1, -0.05) is 11.6 Å². The number of aliphatic carboxylic acids is 1. The lowest BCUT2D eigenvalue weighted by atomic mass is 10.1. The van der Waals surface area contributed by atoms with E-state index in [9.17, 15) is 19.5 Å². The molecule has 2 fully saturated rings. The summed E-state index contributed by atoms with van der Waals surface area (Å²) in [6.07, 6.45) is 3.61. The predicted molar refractivity (Wildman–Crippen MR) is 73.2 cm³/mol. The van der Waals surface area contributed by atoms with E-state index in [4.69, 9.17) is 11.6 Å². The predicted octanol–water partition coefficient (Wildman–Crippen LogP) is 0.502. The van der Waals surface area contributed by atoms with Gasteiger partial charge in [0.2, 0.25) is 5.91 Å². The number of piperazine rings is 1. The smallest absolute Gasteiger partial charge is 0.328 e. The van der Waals surface area contributed by atoms with E-state index in [1.165, 1.54) is 6.07 Å². The molecule has 3 rings (SSSR count). The summed E-state index contributed by atoms with van der Waals surface area (Å²) in [6.45, 7) is -0.346. The molecular weight excluding hydrogens is 298 g/mol. The number of hydrogen-bond acceptors (Lipinski definition) is 3. The molecule has 2 amide bonds. The van der Waals surface area contributed by atoms with Crippen LogP contribution in [-0.4, -0.2) is 51.5 Å². The number of hydrogen-bond donors (Lipinski definition) is 2. The maximum Gasteiger partial charge on any atom is 0.328 e. The van der Waals surface area contributed by atoms with Crippen LogP contribution < -0.4 is 5.32 Å². The summed E-state index contributed by atoms with van der Waals surface area (Å²) >= 11 is 5.96. The normalized spacial score (nSPS) is 22.0. The standard InChI is InChI=1S/C13H14ClN3O4/c14-7-3-9(16(5-7)8-1-2-8)12(19)17-6-11(18)15-4-10(17)13(20)21/h3,5,8,10H,1-2,4,6H2,(H,15,18)(H,20,21). The van der Waals surface area contributed by atoms with Crippen LogP contribution >= 0.6 is 11.6 Å². The fourth-order valence-corrected chi connectivity index (χ4v) is 2.70. The molecule has 1 atom stereocenters. The fourth-order valence-electron chi connectivity index (χ4n) is 2.49. The summed E-state index contributed by atoms with van der Waals surface area (Å²) in [5.74, 6) is -1.98. The van der Waals surface area contributed by atoms with E-state index in [1.807, 2.05) is 0 Å². The molecule has 0 spiro atoms. The summed E-state index contributed by atoms with van der Waals surface area (Å²) in [5, 5.41) is 12.1. The van der Waals surface area contributed by atoms with Gasteiger partial charge in [0, 0.05) is 18.8 Å². The topological polar surface area (TPSA) is 91.6 Å². The van der Waals surface area contributed by atoms with Gasteiger partial charge in [0.1, 0.15) is 18.3 Å². The minimum absolute atomic E-state index is 0.0855. The molecule has 1 saturated heterocycles. The zero-order chi connectivity index (χ0) is 15.1. The van der Waals surface area contributed by atoms with Crippen LogP contribution in [0.25, 0.3) is 0 Å². The zero-order valence-electron chi connectivity index (χ0n) is 11.1. The molecule has 2 N–H and O–H groups in total. The number of nitrogens with one attached hydrogen (secondary N) is 1. The van der Waals surface area contributed by atoms with E-state index < -0.39 is 17.9 Å². The summed E-state index contributed by atoms with van der Waals surface area (Å²) in [5.41, 5.74) is 0.337. The highest BCUT2D eigenvalue weighted by Crippen LogP contribution is 2.37. The van der Waals surface area contributed by atoms with Crippen molar-refractivity contribution in [3.05, 3.63) is 23.0 Å². The molecule has 0 bridgehead atoms. The molecule has 1 aliphatic carbocycles. The van der Waals surface area contributed by atoms with Crippen molar-refractivity contribution in [3.63, 3.8) is 0 Å². The van der Waals surface area contributed by atoms with Gasteiger partial charge in [0.05, 0.1) is 5.02 Å². The van der Waals surface area contributed by atoms with Crippen molar-refractivity contribution >= 4 is 29.4 Å². The lowest BCUT2D eigenvalue weighted by Gasteiger charge is -2.32. The van der Waals surface area contributed by atoms with Crippen LogP contribution in [0.2, 0.25) is 5.02 Å². The molecule has 1 aromatic heterocycles. The Bertz CT molecular complexity index is 623. The third kappa shape index (κ3) is 2.61. The number of nitrogens with zero attached hydrogens (tertiary/aromatic N) is 2. The molecule has 0 radical (unpaired) electrons. The largest absolute Gasteiger partial charge is 0.480 e. The van der Waals surface area contributed by atoms with Crippen molar-refractivity contribution in [1.82, 2.24) is 14.8 Å². The van der Waals surface area contributed by atoms with Gasteiger partial charge in [-0.15, -0.1) is 0 Å². The van der Waals surface area contributed by atoms with Gasteiger partial charge in [0.25, 0.3) is 5.91 Å². The second-order valence-corrected chi connectivity index (χ2v) is 5.71. The Morgan fingerprint density at radius 2 is 2.10 bits per heavy atom. The first-order valence-electron chi connectivity index (χ1n) is 6.65. The maximum atomic E-state index is 12.6. The summed E-state index contributed by atoms with van der Waals surface area (Å²) in [6, 6.07) is 0.697. The van der Waals surface area contributed by atoms with Crippen LogP contribution in [-0.2, 0) is 9.59 Å². The van der Waals surface area contributed by atoms with Gasteiger partial charge in [-0.25, -0.2) is 4.79 Å². The molecule has 1 unspecified atom stereocenters. The van der Waals surface area contributed by atoms with Crippen LogP contribution in [0.1, 0.15) is 29.4 Å². The maximum absolute atomic E-state index is 12.6. The van der Waals surface area contributed by atoms with Crippen molar-refractivity contribution in [2.24, 2.45) is 0 Å². The highest BCUT2D eigenvalue weighted by Gasteiger charge is 2.38. The minimum Gasteiger partial charge on any atom is -0.480 e. The van der Waals surface area contributed by atoms with Crippen LogP contribution in [0.3, 0.4) is 0 Å². The van der Waals surface area contributed by atoms with Crippen molar-refractivity contribution < 1.29 is 19.5 Å². The number of carbonyl (C=O) groups excluding carboxylic acids is 2. The first kappa shape index (κ1) is 13.9. The molecule has 2 aliphatic rings. The average molecular weight is 312 g/mol. The Labute approximate surface area is 125 Å². The number of rotatable bonds is 3. The monoisotopic (exact) mass is 311 g/mol. The second kappa shape index (κ2) is 5.07. The Morgan fingerprint density at radius 1 is 1.38 bits per heavy atom. The molecule has 21 heavy (non-hydrogen) atoms. The van der Waals surface area contributed by atoms with Crippen LogP contribution in [0.15, 0.2) is 12.3 Å². The van der Waals surface area contributed by atoms with Gasteiger partial charge in [-0.2, -0.15) is 0 Å². The number of amides is 2. The van der Waals surface area contributed by atoms with Crippen molar-refractivity contribution in [1.29, 1.82) is 0 Å². The van der Waals surface area contributed by atoms with E-state index in [1.54, 1.807) is 10.8 Å². The van der Waals surface area contributed by atoms with E-state index in [0.29, 0.717) is 10.7 Å². The number of halogens is 1. The lowest BCUT2D eigenvalue weighted by Crippen LogP contribution is -2.59. The Kier molecular flexibility index (Phi) is 3.36. The molecule has 8 heteroatoms. The van der Waals surface area contributed by atoms with Crippen LogP contribution in [0.5, 0.6) is 0 Å². The summed E-state index contributed by atoms with van der Waals surface area (Å²) in [4.78, 5) is 36.5. The molecule has 1 saturated carbocycles. The van der Waals surface area contributed by atoms with Gasteiger partial charge < -0.3 is 19.9 Å². The average Bonchev–Trinajstić information content (AvgIpc) is 3.20. The number of carboxylic acids is 1. The zero-order valence-corrected chi connectivity index (χ0v) is 11.8. The quantitative estimate of drug-likeness (QED) is 0.850. The highest BCUT2D eigenvalue weighted by molar-refractivity contribution is 6.31. The summed E-state index contributed by atoms with van der Waals surface area (Å²) < 4.78 is 1.77. The molecule has 1 aliphatic heterocycles. The summed E-state index contributed by atoms with van der Waals surface area (Å²) in [7, 11) is 0. The third-order valence-electron chi connectivity index (χ3n) is 3.70. The molecule has 112 valence electrons. The van der Waals surface area contributed by atoms with E-state index >= 15 is 0 Å². The van der Waals surface area contributed by atoms with Crippen molar-refractivity contribution in [2.45, 2.75) is 24.9 Å². The Balaban J connectivity index is 1.92. The first-order valence-corrected chi connectivity index (χ1v) is 7.03. The number of carboxylic acid groups (broad SMARTS) is 1. The van der Waals surface area contributed by atoms with E-state index in [2.05, 4.69) is 5.32 Å². The second-order valence-electron chi connectivity index (χ2n) is 5.27. The minimum atomic E-state index is -1.14. The SMILES string of the molecule is O=C1CN(C(=O)c2cc(Cl)cn2C2CC2)C(C(=O)O)CN1. The van der Waals surface area contributed by atoms with Gasteiger partial charge in [0.15, 0.2) is 0 Å². The fraction of sp³-hybridized carbons (Fsp3) is 0.462. The van der Waals surface area contributed by atoms with Crippen LogP contribution in [0, 0.1) is 0 Å². The molecule has 7 nitrogen and oxygen atoms in total. The number of carbonyl (C=O) groups is 3. The van der Waals surface area contributed by atoms with Crippen LogP contribution in [0.4, 0.5) is 0 Å². The van der Waals surface area contributed by atoms with Gasteiger partial charge in [-0.3, -0.25) is 9.59 Å². The molecule has 2 heterocycles. The number of aromatic nitrogens is 1. The Morgan fingerprint density at radius 3 is 2.71 bits per heavy atom. The lowest BCUT2D eigenvalue weighted by molar-refractivity contribution is -0.144. The molecular formula is C13H14ClN3O4. The molecule has 1 aromatic rings. The molecule has 0 aromatic carbocycles. The van der Waals surface area contributed by atoms with Crippen molar-refractivity contribution in [3.8, 4) is 0 Å². The van der Waals surface area contributed by atoms with Gasteiger partial charge >= 0.3 is 5.97 Å². The van der Waals surface area contributed by atoms with Crippen molar-refractivity contribution in [2.75, 3.05) is 13.1 Å².